The Hall–Kier alpha value is -3.16. The second-order valence-corrected chi connectivity index (χ2v) is 7.66. The van der Waals surface area contributed by atoms with Crippen LogP contribution in [-0.2, 0) is 21.4 Å². The van der Waals surface area contributed by atoms with Crippen molar-refractivity contribution in [3.63, 3.8) is 0 Å². The molecule has 3 atom stereocenters. The number of amides is 2. The number of methoxy groups -OCH3 is 1. The molecule has 0 spiro atoms. The van der Waals surface area contributed by atoms with E-state index in [2.05, 4.69) is 5.10 Å². The summed E-state index contributed by atoms with van der Waals surface area (Å²) < 4.78 is 6.66. The van der Waals surface area contributed by atoms with Gasteiger partial charge in [-0.1, -0.05) is 30.3 Å². The van der Waals surface area contributed by atoms with Crippen LogP contribution in [0.5, 0.6) is 0 Å². The molecule has 8 nitrogen and oxygen atoms in total. The highest BCUT2D eigenvalue weighted by Crippen LogP contribution is 2.43. The lowest BCUT2D eigenvalue weighted by atomic mass is 9.93. The minimum absolute atomic E-state index is 0.0256. The van der Waals surface area contributed by atoms with E-state index >= 15 is 0 Å². The number of carbonyl (C=O) groups excluding carboxylic acids is 3. The van der Waals surface area contributed by atoms with Crippen molar-refractivity contribution in [1.82, 2.24) is 19.6 Å². The fourth-order valence-corrected chi connectivity index (χ4v) is 4.44. The molecule has 0 saturated carbocycles. The third kappa shape index (κ3) is 3.28. The van der Waals surface area contributed by atoms with Crippen molar-refractivity contribution in [2.24, 2.45) is 13.0 Å². The maximum absolute atomic E-state index is 13.1. The molecule has 2 fully saturated rings. The normalized spacial score (nSPS) is 23.8. The van der Waals surface area contributed by atoms with E-state index in [9.17, 15) is 14.4 Å². The van der Waals surface area contributed by atoms with Gasteiger partial charge in [0.1, 0.15) is 6.54 Å². The molecule has 2 aliphatic heterocycles. The molecule has 152 valence electrons. The van der Waals surface area contributed by atoms with E-state index in [0.29, 0.717) is 18.7 Å². The Morgan fingerprint density at radius 3 is 2.55 bits per heavy atom. The molecular weight excluding hydrogens is 372 g/mol. The second-order valence-electron chi connectivity index (χ2n) is 7.66. The van der Waals surface area contributed by atoms with Crippen LogP contribution in [0.2, 0.25) is 0 Å². The number of benzene rings is 1. The number of nitrogens with zero attached hydrogens (tertiary/aromatic N) is 4. The monoisotopic (exact) mass is 396 g/mol. The molecule has 0 aliphatic carbocycles. The zero-order valence-electron chi connectivity index (χ0n) is 16.7. The number of rotatable bonds is 3. The van der Waals surface area contributed by atoms with Crippen molar-refractivity contribution in [3.8, 4) is 0 Å². The van der Waals surface area contributed by atoms with Gasteiger partial charge >= 0.3 is 5.97 Å². The van der Waals surface area contributed by atoms with Crippen molar-refractivity contribution in [1.29, 1.82) is 0 Å². The van der Waals surface area contributed by atoms with Gasteiger partial charge in [0.15, 0.2) is 5.69 Å². The summed E-state index contributed by atoms with van der Waals surface area (Å²) in [4.78, 5) is 41.8. The summed E-state index contributed by atoms with van der Waals surface area (Å²) in [5, 5.41) is 4.24. The van der Waals surface area contributed by atoms with Gasteiger partial charge in [0.2, 0.25) is 5.91 Å². The summed E-state index contributed by atoms with van der Waals surface area (Å²) in [5.74, 6) is -1.22. The lowest BCUT2D eigenvalue weighted by molar-refractivity contribution is -0.147. The van der Waals surface area contributed by atoms with Crippen molar-refractivity contribution < 1.29 is 19.1 Å². The Labute approximate surface area is 169 Å². The Morgan fingerprint density at radius 1 is 1.21 bits per heavy atom. The largest absolute Gasteiger partial charge is 0.469 e. The summed E-state index contributed by atoms with van der Waals surface area (Å²) in [5.41, 5.74) is 2.10. The molecular formula is C21H24N4O4. The molecule has 4 rings (SSSR count). The fraction of sp³-hybridized carbons (Fsp3) is 0.429. The van der Waals surface area contributed by atoms with Crippen LogP contribution in [0.4, 0.5) is 0 Å². The van der Waals surface area contributed by atoms with Gasteiger partial charge < -0.3 is 14.5 Å². The Balaban J connectivity index is 1.62. The third-order valence-electron chi connectivity index (χ3n) is 5.91. The molecule has 0 N–H and O–H groups in total. The highest BCUT2D eigenvalue weighted by atomic mass is 16.5. The minimum Gasteiger partial charge on any atom is -0.469 e. The third-order valence-corrected chi connectivity index (χ3v) is 5.91. The Morgan fingerprint density at radius 2 is 1.93 bits per heavy atom. The van der Waals surface area contributed by atoms with Gasteiger partial charge in [0, 0.05) is 19.3 Å². The van der Waals surface area contributed by atoms with Crippen LogP contribution >= 0.6 is 0 Å². The summed E-state index contributed by atoms with van der Waals surface area (Å²) in [7, 11) is 3.14. The van der Waals surface area contributed by atoms with E-state index in [-0.39, 0.29) is 36.4 Å². The molecule has 2 amide bonds. The summed E-state index contributed by atoms with van der Waals surface area (Å²) in [6, 6.07) is 10.6. The predicted octanol–water partition coefficient (Wildman–Crippen LogP) is 1.32. The van der Waals surface area contributed by atoms with Crippen LogP contribution in [0.1, 0.15) is 34.2 Å². The smallest absolute Gasteiger partial charge is 0.311 e. The van der Waals surface area contributed by atoms with E-state index in [0.717, 1.165) is 11.3 Å². The predicted molar refractivity (Wildman–Crippen MR) is 104 cm³/mol. The van der Waals surface area contributed by atoms with Crippen LogP contribution in [0, 0.1) is 12.8 Å². The molecule has 2 aromatic rings. The average molecular weight is 396 g/mol. The Bertz CT molecular complexity index is 935. The van der Waals surface area contributed by atoms with Gasteiger partial charge in [-0.3, -0.25) is 19.1 Å². The van der Waals surface area contributed by atoms with Gasteiger partial charge in [0.25, 0.3) is 5.91 Å². The number of carbonyl (C=O) groups is 3. The lowest BCUT2D eigenvalue weighted by Gasteiger charge is -2.39. The van der Waals surface area contributed by atoms with Gasteiger partial charge in [-0.25, -0.2) is 0 Å². The van der Waals surface area contributed by atoms with Gasteiger partial charge in [0.05, 0.1) is 25.1 Å². The topological polar surface area (TPSA) is 84.7 Å². The number of hydrogen-bond donors (Lipinski definition) is 0. The standard InChI is InChI=1S/C21H24N4O4/c1-13-9-17(22-23(13)2)20(27)24-11-15-10-16(21(28)29-3)19(25(15)18(26)12-24)14-7-5-4-6-8-14/h4-9,15-16,19H,10-12H2,1-3H3/t15-,16-,19-/m0/s1. The highest BCUT2D eigenvalue weighted by Gasteiger charge is 2.51. The molecule has 1 aromatic heterocycles. The van der Waals surface area contributed by atoms with E-state index in [4.69, 9.17) is 4.74 Å². The van der Waals surface area contributed by atoms with Crippen LogP contribution < -0.4 is 0 Å². The lowest BCUT2D eigenvalue weighted by Crippen LogP contribution is -2.56. The number of ether oxygens (including phenoxy) is 1. The fourth-order valence-electron chi connectivity index (χ4n) is 4.44. The highest BCUT2D eigenvalue weighted by molar-refractivity contribution is 5.96. The first-order valence-corrected chi connectivity index (χ1v) is 9.64. The number of aryl methyl sites for hydroxylation is 2. The number of piperazine rings is 1. The zero-order chi connectivity index (χ0) is 20.7. The SMILES string of the molecule is COC(=O)[C@H]1C[C@H]2CN(C(=O)c3cc(C)n(C)n3)CC(=O)N2[C@H]1c1ccccc1. The van der Waals surface area contributed by atoms with Gasteiger partial charge in [-0.2, -0.15) is 5.10 Å². The van der Waals surface area contributed by atoms with Crippen molar-refractivity contribution >= 4 is 17.8 Å². The molecule has 2 aliphatic rings. The van der Waals surface area contributed by atoms with Crippen molar-refractivity contribution in [2.45, 2.75) is 25.4 Å². The van der Waals surface area contributed by atoms with Crippen LogP contribution in [-0.4, -0.2) is 63.6 Å². The van der Waals surface area contributed by atoms with E-state index < -0.39 is 5.92 Å². The van der Waals surface area contributed by atoms with Crippen LogP contribution in [0.15, 0.2) is 36.4 Å². The molecule has 2 saturated heterocycles. The first-order valence-electron chi connectivity index (χ1n) is 9.64. The summed E-state index contributed by atoms with van der Waals surface area (Å²) >= 11 is 0. The molecule has 0 unspecified atom stereocenters. The first kappa shape index (κ1) is 19.2. The van der Waals surface area contributed by atoms with E-state index in [1.165, 1.54) is 12.0 Å². The van der Waals surface area contributed by atoms with Crippen LogP contribution in [0.25, 0.3) is 0 Å². The summed E-state index contributed by atoms with van der Waals surface area (Å²) in [6.45, 7) is 2.22. The summed E-state index contributed by atoms with van der Waals surface area (Å²) in [6.07, 6.45) is 0.461. The van der Waals surface area contributed by atoms with E-state index in [1.54, 1.807) is 22.7 Å². The molecule has 29 heavy (non-hydrogen) atoms. The quantitative estimate of drug-likeness (QED) is 0.731. The number of hydrogen-bond acceptors (Lipinski definition) is 5. The van der Waals surface area contributed by atoms with E-state index in [1.807, 2.05) is 37.3 Å². The number of esters is 1. The van der Waals surface area contributed by atoms with Gasteiger partial charge in [-0.15, -0.1) is 0 Å². The average Bonchev–Trinajstić information content (AvgIpc) is 3.28. The molecule has 8 heteroatoms. The maximum atomic E-state index is 13.1. The number of fused-ring (bicyclic) bond motifs is 1. The molecule has 0 bridgehead atoms. The Kier molecular flexibility index (Phi) is 4.86. The molecule has 3 heterocycles. The minimum atomic E-state index is -0.455. The number of aromatic nitrogens is 2. The maximum Gasteiger partial charge on any atom is 0.311 e. The van der Waals surface area contributed by atoms with Crippen molar-refractivity contribution in [3.05, 3.63) is 53.3 Å². The molecule has 1 aromatic carbocycles. The van der Waals surface area contributed by atoms with Crippen LogP contribution in [0.3, 0.4) is 0 Å². The second kappa shape index (κ2) is 7.35. The molecule has 0 radical (unpaired) electrons. The zero-order valence-corrected chi connectivity index (χ0v) is 16.7. The van der Waals surface area contributed by atoms with Gasteiger partial charge in [-0.05, 0) is 25.0 Å². The van der Waals surface area contributed by atoms with Crippen molar-refractivity contribution in [2.75, 3.05) is 20.2 Å². The first-order chi connectivity index (χ1) is 13.9.